The third-order valence-electron chi connectivity index (χ3n) is 2.57. The van der Waals surface area contributed by atoms with E-state index >= 15 is 0 Å². The van der Waals surface area contributed by atoms with E-state index in [9.17, 15) is 8.42 Å². The van der Waals surface area contributed by atoms with E-state index in [-0.39, 0.29) is 4.90 Å². The monoisotopic (exact) mass is 318 g/mol. The van der Waals surface area contributed by atoms with E-state index in [0.717, 1.165) is 18.6 Å². The van der Waals surface area contributed by atoms with Crippen molar-refractivity contribution in [2.45, 2.75) is 17.7 Å². The zero-order chi connectivity index (χ0) is 14.8. The largest absolute Gasteiger partial charge is 0.494 e. The van der Waals surface area contributed by atoms with Gasteiger partial charge < -0.3 is 10.5 Å². The first kappa shape index (κ1) is 17.3. The van der Waals surface area contributed by atoms with Gasteiger partial charge in [0.1, 0.15) is 5.75 Å². The third kappa shape index (κ3) is 6.13. The van der Waals surface area contributed by atoms with Crippen molar-refractivity contribution in [1.29, 1.82) is 0 Å². The van der Waals surface area contributed by atoms with E-state index in [0.29, 0.717) is 25.4 Å². The Morgan fingerprint density at radius 3 is 2.55 bits per heavy atom. The molecule has 1 aromatic carbocycles. The topological polar surface area (TPSA) is 81.4 Å². The van der Waals surface area contributed by atoms with Crippen molar-refractivity contribution in [3.8, 4) is 5.75 Å². The lowest BCUT2D eigenvalue weighted by Gasteiger charge is -2.08. The Balaban J connectivity index is 2.53. The summed E-state index contributed by atoms with van der Waals surface area (Å²) in [5.41, 5.74) is 5.37. The van der Waals surface area contributed by atoms with Crippen LogP contribution in [-0.2, 0) is 10.0 Å². The van der Waals surface area contributed by atoms with Crippen LogP contribution in [0, 0.1) is 0 Å². The van der Waals surface area contributed by atoms with Gasteiger partial charge in [0.25, 0.3) is 0 Å². The van der Waals surface area contributed by atoms with Crippen LogP contribution >= 0.6 is 11.8 Å². The van der Waals surface area contributed by atoms with E-state index in [1.807, 2.05) is 6.26 Å². The highest BCUT2D eigenvalue weighted by Crippen LogP contribution is 2.16. The lowest BCUT2D eigenvalue weighted by Crippen LogP contribution is -2.25. The molecule has 0 aliphatic rings. The number of nitrogens with one attached hydrogen (secondary N) is 1. The Bertz CT molecular complexity index is 475. The smallest absolute Gasteiger partial charge is 0.240 e. The molecule has 0 atom stereocenters. The molecule has 0 radical (unpaired) electrons. The summed E-state index contributed by atoms with van der Waals surface area (Å²) in [7, 11) is -3.42. The second-order valence-electron chi connectivity index (χ2n) is 4.21. The van der Waals surface area contributed by atoms with Gasteiger partial charge in [-0.05, 0) is 55.7 Å². The Labute approximate surface area is 125 Å². The fraction of sp³-hybridized carbons (Fsp3) is 0.538. The van der Waals surface area contributed by atoms with Crippen LogP contribution < -0.4 is 15.2 Å². The van der Waals surface area contributed by atoms with Crippen LogP contribution in [0.1, 0.15) is 12.8 Å². The van der Waals surface area contributed by atoms with E-state index < -0.39 is 10.0 Å². The molecular weight excluding hydrogens is 296 g/mol. The average molecular weight is 318 g/mol. The Morgan fingerprint density at radius 1 is 1.25 bits per heavy atom. The van der Waals surface area contributed by atoms with Crippen LogP contribution in [-0.4, -0.2) is 40.1 Å². The molecule has 20 heavy (non-hydrogen) atoms. The number of nitrogens with two attached hydrogens (primary N) is 1. The molecule has 0 unspecified atom stereocenters. The fourth-order valence-electron chi connectivity index (χ4n) is 1.49. The summed E-state index contributed by atoms with van der Waals surface area (Å²) in [5, 5.41) is 0. The summed E-state index contributed by atoms with van der Waals surface area (Å²) >= 11 is 1.70. The zero-order valence-corrected chi connectivity index (χ0v) is 13.3. The minimum Gasteiger partial charge on any atom is -0.494 e. The van der Waals surface area contributed by atoms with Crippen LogP contribution in [0.4, 0.5) is 0 Å². The number of benzene rings is 1. The van der Waals surface area contributed by atoms with Gasteiger partial charge >= 0.3 is 0 Å². The number of thioether (sulfide) groups is 1. The van der Waals surface area contributed by atoms with Gasteiger partial charge in [0.05, 0.1) is 11.5 Å². The maximum Gasteiger partial charge on any atom is 0.240 e. The number of sulfonamides is 1. The molecule has 0 bridgehead atoms. The predicted octanol–water partition coefficient (Wildman–Crippen LogP) is 1.45. The molecule has 0 aromatic heterocycles. The highest BCUT2D eigenvalue weighted by Gasteiger charge is 2.12. The molecule has 7 heteroatoms. The Kier molecular flexibility index (Phi) is 7.98. The molecule has 3 N–H and O–H groups in total. The summed E-state index contributed by atoms with van der Waals surface area (Å²) < 4.78 is 32.0. The van der Waals surface area contributed by atoms with Gasteiger partial charge in [-0.1, -0.05) is 0 Å². The maximum absolute atomic E-state index is 12.0. The number of ether oxygens (including phenoxy) is 1. The predicted molar refractivity (Wildman–Crippen MR) is 83.8 cm³/mol. The molecule has 1 aromatic rings. The standard InChI is InChI=1S/C13H22N2O3S2/c1-19-11-3-9-15-20(16,17)13-6-4-12(5-7-13)18-10-2-8-14/h4-7,15H,2-3,8-11,14H2,1H3. The first-order valence-corrected chi connectivity index (χ1v) is 9.39. The highest BCUT2D eigenvalue weighted by molar-refractivity contribution is 7.98. The number of hydrogen-bond acceptors (Lipinski definition) is 5. The summed E-state index contributed by atoms with van der Waals surface area (Å²) in [5.74, 6) is 1.59. The zero-order valence-electron chi connectivity index (χ0n) is 11.7. The minimum absolute atomic E-state index is 0.257. The second-order valence-corrected chi connectivity index (χ2v) is 6.96. The first-order chi connectivity index (χ1) is 9.60. The molecule has 0 saturated carbocycles. The fourth-order valence-corrected chi connectivity index (χ4v) is 3.00. The van der Waals surface area contributed by atoms with Crippen molar-refractivity contribution in [3.63, 3.8) is 0 Å². The molecule has 0 heterocycles. The van der Waals surface area contributed by atoms with Crippen LogP contribution in [0.15, 0.2) is 29.2 Å². The summed E-state index contributed by atoms with van der Waals surface area (Å²) in [6.45, 7) is 1.57. The van der Waals surface area contributed by atoms with Gasteiger partial charge in [-0.3, -0.25) is 0 Å². The molecule has 0 fully saturated rings. The van der Waals surface area contributed by atoms with E-state index in [1.165, 1.54) is 0 Å². The van der Waals surface area contributed by atoms with Gasteiger partial charge in [0.2, 0.25) is 10.0 Å². The van der Waals surface area contributed by atoms with Crippen molar-refractivity contribution in [1.82, 2.24) is 4.72 Å². The summed E-state index contributed by atoms with van der Waals surface area (Å²) in [4.78, 5) is 0.257. The molecule has 5 nitrogen and oxygen atoms in total. The molecule has 0 amide bonds. The van der Waals surface area contributed by atoms with Gasteiger partial charge in [-0.25, -0.2) is 13.1 Å². The van der Waals surface area contributed by atoms with Crippen molar-refractivity contribution < 1.29 is 13.2 Å². The van der Waals surface area contributed by atoms with Crippen molar-refractivity contribution in [2.75, 3.05) is 31.7 Å². The third-order valence-corrected chi connectivity index (χ3v) is 4.74. The summed E-state index contributed by atoms with van der Waals surface area (Å²) in [6.07, 6.45) is 3.59. The summed E-state index contributed by atoms with van der Waals surface area (Å²) in [6, 6.07) is 6.42. The van der Waals surface area contributed by atoms with E-state index in [4.69, 9.17) is 10.5 Å². The lowest BCUT2D eigenvalue weighted by atomic mass is 10.3. The highest BCUT2D eigenvalue weighted by atomic mass is 32.2. The van der Waals surface area contributed by atoms with Crippen LogP contribution in [0.5, 0.6) is 5.75 Å². The van der Waals surface area contributed by atoms with Crippen LogP contribution in [0.3, 0.4) is 0 Å². The quantitative estimate of drug-likeness (QED) is 0.638. The molecule has 114 valence electrons. The number of rotatable bonds is 10. The maximum atomic E-state index is 12.0. The van der Waals surface area contributed by atoms with Crippen molar-refractivity contribution in [2.24, 2.45) is 5.73 Å². The van der Waals surface area contributed by atoms with E-state index in [1.54, 1.807) is 36.0 Å². The van der Waals surface area contributed by atoms with Gasteiger partial charge in [-0.15, -0.1) is 0 Å². The molecule has 0 spiro atoms. The van der Waals surface area contributed by atoms with Crippen molar-refractivity contribution >= 4 is 21.8 Å². The SMILES string of the molecule is CSCCCNS(=O)(=O)c1ccc(OCCCN)cc1. The molecule has 0 aliphatic carbocycles. The van der Waals surface area contributed by atoms with Gasteiger partial charge in [0.15, 0.2) is 0 Å². The normalized spacial score (nSPS) is 11.5. The van der Waals surface area contributed by atoms with E-state index in [2.05, 4.69) is 4.72 Å². The second kappa shape index (κ2) is 9.23. The Hall–Kier alpha value is -0.760. The molecular formula is C13H22N2O3S2. The lowest BCUT2D eigenvalue weighted by molar-refractivity contribution is 0.313. The van der Waals surface area contributed by atoms with Crippen LogP contribution in [0.25, 0.3) is 0 Å². The molecule has 1 rings (SSSR count). The van der Waals surface area contributed by atoms with Crippen LogP contribution in [0.2, 0.25) is 0 Å². The van der Waals surface area contributed by atoms with Crippen molar-refractivity contribution in [3.05, 3.63) is 24.3 Å². The van der Waals surface area contributed by atoms with Gasteiger partial charge in [-0.2, -0.15) is 11.8 Å². The molecule has 0 saturated heterocycles. The first-order valence-electron chi connectivity index (χ1n) is 6.51. The molecule has 0 aliphatic heterocycles. The minimum atomic E-state index is -3.42. The Morgan fingerprint density at radius 2 is 1.95 bits per heavy atom. The average Bonchev–Trinajstić information content (AvgIpc) is 2.45. The van der Waals surface area contributed by atoms with Gasteiger partial charge in [0, 0.05) is 6.54 Å². The number of hydrogen-bond donors (Lipinski definition) is 2.